The molecule has 54 heavy (non-hydrogen) atoms. The molecule has 6 atom stereocenters. The van der Waals surface area contributed by atoms with Crippen LogP contribution >= 0.6 is 0 Å². The van der Waals surface area contributed by atoms with Gasteiger partial charge in [0.15, 0.2) is 16.6 Å². The molecular weight excluding hydrogens is 713 g/mol. The molecule has 0 aliphatic heterocycles. The van der Waals surface area contributed by atoms with Crippen molar-refractivity contribution in [3.63, 3.8) is 0 Å². The van der Waals surface area contributed by atoms with Crippen molar-refractivity contribution in [2.24, 2.45) is 23.7 Å². The average molecular weight is 799 g/mol. The lowest BCUT2D eigenvalue weighted by Crippen LogP contribution is -2.42. The van der Waals surface area contributed by atoms with Crippen LogP contribution < -0.4 is 5.32 Å². The second-order valence-electron chi connectivity index (χ2n) is 19.2. The molecule has 0 aromatic carbocycles. The number of esters is 1. The van der Waals surface area contributed by atoms with Crippen molar-refractivity contribution >= 4 is 28.5 Å². The fourth-order valence-corrected chi connectivity index (χ4v) is 8.21. The summed E-state index contributed by atoms with van der Waals surface area (Å²) in [6.45, 7) is 28.3. The number of hydrogen-bond acceptors (Lipinski definition) is 8. The van der Waals surface area contributed by atoms with Crippen LogP contribution in [-0.2, 0) is 23.2 Å². The monoisotopic (exact) mass is 799 g/mol. The van der Waals surface area contributed by atoms with Crippen LogP contribution in [0.4, 0.5) is 0 Å². The molecule has 0 saturated heterocycles. The number of hydrogen-bond donors (Lipinski definition) is 3. The van der Waals surface area contributed by atoms with Gasteiger partial charge in [0, 0.05) is 26.2 Å². The van der Waals surface area contributed by atoms with Crippen LogP contribution in [0.25, 0.3) is 0 Å². The van der Waals surface area contributed by atoms with E-state index in [1.54, 1.807) is 6.92 Å². The fourth-order valence-electron chi connectivity index (χ4n) is 6.04. The van der Waals surface area contributed by atoms with Crippen LogP contribution in [0.15, 0.2) is 0 Å². The maximum absolute atomic E-state index is 12.9. The first-order chi connectivity index (χ1) is 25.0. The molecule has 0 rings (SSSR count). The molecule has 3 N–H and O–H groups in total. The van der Waals surface area contributed by atoms with E-state index in [2.05, 4.69) is 79.1 Å². The summed E-state index contributed by atoms with van der Waals surface area (Å²) >= 11 is 0. The number of rotatable bonds is 30. The minimum absolute atomic E-state index is 0.0812. The van der Waals surface area contributed by atoms with Gasteiger partial charge in [-0.15, -0.1) is 0 Å². The number of unbranched alkanes of at least 4 members (excludes halogenated alkanes) is 6. The van der Waals surface area contributed by atoms with Gasteiger partial charge in [-0.05, 0) is 100.0 Å². The molecule has 0 heterocycles. The Morgan fingerprint density at radius 2 is 1.04 bits per heavy atom. The number of aliphatic hydroxyl groups excluding tert-OH is 2. The zero-order valence-electron chi connectivity index (χ0n) is 37.3. The van der Waals surface area contributed by atoms with Crippen molar-refractivity contribution in [1.29, 1.82) is 5.26 Å². The van der Waals surface area contributed by atoms with E-state index in [-0.39, 0.29) is 22.0 Å². The van der Waals surface area contributed by atoms with Gasteiger partial charge in [0.2, 0.25) is 5.91 Å². The predicted molar refractivity (Wildman–Crippen MR) is 228 cm³/mol. The molecule has 0 aromatic rings. The number of ether oxygens (including phenoxy) is 1. The van der Waals surface area contributed by atoms with Gasteiger partial charge in [-0.25, -0.2) is 0 Å². The van der Waals surface area contributed by atoms with E-state index < -0.39 is 40.7 Å². The lowest BCUT2D eigenvalue weighted by Gasteiger charge is -2.37. The molecule has 0 aromatic heterocycles. The van der Waals surface area contributed by atoms with E-state index >= 15 is 0 Å². The van der Waals surface area contributed by atoms with Gasteiger partial charge in [-0.1, -0.05) is 99.8 Å². The normalized spacial score (nSPS) is 16.2. The van der Waals surface area contributed by atoms with E-state index in [1.807, 2.05) is 6.92 Å². The van der Waals surface area contributed by atoms with Crippen LogP contribution in [0.2, 0.25) is 36.3 Å². The number of carbonyl (C=O) groups is 2. The van der Waals surface area contributed by atoms with Gasteiger partial charge in [0.05, 0.1) is 37.2 Å². The largest absolute Gasteiger partial charge is 0.469 e. The van der Waals surface area contributed by atoms with Crippen molar-refractivity contribution in [3.05, 3.63) is 0 Å². The van der Waals surface area contributed by atoms with Crippen molar-refractivity contribution in [2.75, 3.05) is 26.9 Å². The Morgan fingerprint density at radius 1 is 0.648 bits per heavy atom. The number of aliphatic hydroxyl groups is 2. The quantitative estimate of drug-likeness (QED) is 0.0371. The predicted octanol–water partition coefficient (Wildman–Crippen LogP) is 10.3. The molecule has 0 aliphatic rings. The van der Waals surface area contributed by atoms with Crippen LogP contribution in [0.1, 0.15) is 158 Å². The summed E-state index contributed by atoms with van der Waals surface area (Å²) in [5, 5.41) is 33.6. The summed E-state index contributed by atoms with van der Waals surface area (Å²) in [4.78, 5) is 24.6. The molecule has 6 unspecified atom stereocenters. The highest BCUT2D eigenvalue weighted by atomic mass is 28.4. The Bertz CT molecular complexity index is 1070. The standard InChI is InChI=1S/C43H86N2O7Si2/c1-34(38(46)28-20-16-14-18-24-36(26-22-30-44)32-51-53(10,11)42(3,4)5)40(48)45-31-23-27-37(33-52-54(12,13)43(6,7)8)25-19-15-17-21-29-39(47)35(2)41(49)50-9/h34-39,46-47H,14-29,31-33H2,1-13H3,(H,45,48). The Labute approximate surface area is 334 Å². The van der Waals surface area contributed by atoms with E-state index in [1.165, 1.54) is 7.11 Å². The number of amides is 1. The third-order valence-electron chi connectivity index (χ3n) is 12.6. The van der Waals surface area contributed by atoms with E-state index in [0.717, 1.165) is 96.7 Å². The van der Waals surface area contributed by atoms with E-state index in [9.17, 15) is 19.8 Å². The van der Waals surface area contributed by atoms with Crippen molar-refractivity contribution in [1.82, 2.24) is 5.32 Å². The number of carbonyl (C=O) groups excluding carboxylic acids is 2. The van der Waals surface area contributed by atoms with Gasteiger partial charge in [0.1, 0.15) is 0 Å². The number of nitrogens with one attached hydrogen (secondary N) is 1. The Morgan fingerprint density at radius 3 is 1.44 bits per heavy atom. The van der Waals surface area contributed by atoms with E-state index in [0.29, 0.717) is 37.6 Å². The molecule has 0 radical (unpaired) electrons. The minimum Gasteiger partial charge on any atom is -0.469 e. The summed E-state index contributed by atoms with van der Waals surface area (Å²) in [5.74, 6) is -0.571. The SMILES string of the molecule is COC(=O)C(C)C(O)CCCCCCC(CCCNC(=O)C(C)C(O)CCCCCCC(CCC#N)CO[Si](C)(C)C(C)(C)C)CO[Si](C)(C)C(C)(C)C. The van der Waals surface area contributed by atoms with Crippen LogP contribution in [0.5, 0.6) is 0 Å². The molecule has 0 fully saturated rings. The van der Waals surface area contributed by atoms with Crippen LogP contribution in [0.3, 0.4) is 0 Å². The molecule has 0 aliphatic carbocycles. The summed E-state index contributed by atoms with van der Waals surface area (Å²) in [6, 6.07) is 2.30. The molecule has 1 amide bonds. The summed E-state index contributed by atoms with van der Waals surface area (Å²) in [7, 11) is -2.34. The summed E-state index contributed by atoms with van der Waals surface area (Å²) in [5.41, 5.74) is 0. The fraction of sp³-hybridized carbons (Fsp3) is 0.930. The third-order valence-corrected chi connectivity index (χ3v) is 21.6. The van der Waals surface area contributed by atoms with Gasteiger partial charge < -0.3 is 29.1 Å². The average Bonchev–Trinajstić information content (AvgIpc) is 3.09. The van der Waals surface area contributed by atoms with Crippen LogP contribution in [-0.4, -0.2) is 77.8 Å². The molecule has 11 heteroatoms. The lowest BCUT2D eigenvalue weighted by molar-refractivity contribution is -0.148. The van der Waals surface area contributed by atoms with E-state index in [4.69, 9.17) is 18.9 Å². The first-order valence-electron chi connectivity index (χ1n) is 21.4. The highest BCUT2D eigenvalue weighted by Gasteiger charge is 2.38. The van der Waals surface area contributed by atoms with Crippen molar-refractivity contribution < 1.29 is 33.4 Å². The molecular formula is C43H86N2O7Si2. The first kappa shape index (κ1) is 52.7. The topological polar surface area (TPSA) is 138 Å². The maximum Gasteiger partial charge on any atom is 0.311 e. The smallest absolute Gasteiger partial charge is 0.311 e. The number of methoxy groups -OCH3 is 1. The first-order valence-corrected chi connectivity index (χ1v) is 27.2. The highest BCUT2D eigenvalue weighted by Crippen LogP contribution is 2.38. The number of nitriles is 1. The Hall–Kier alpha value is -1.30. The molecule has 318 valence electrons. The molecule has 0 spiro atoms. The number of nitrogens with zero attached hydrogens (tertiary/aromatic N) is 1. The third kappa shape index (κ3) is 21.9. The van der Waals surface area contributed by atoms with Crippen molar-refractivity contribution in [2.45, 2.75) is 207 Å². The summed E-state index contributed by atoms with van der Waals surface area (Å²) in [6.07, 6.45) is 13.4. The second-order valence-corrected chi connectivity index (χ2v) is 28.8. The Kier molecular flexibility index (Phi) is 26.0. The minimum atomic E-state index is -1.88. The zero-order chi connectivity index (χ0) is 41.6. The zero-order valence-corrected chi connectivity index (χ0v) is 39.3. The van der Waals surface area contributed by atoms with Gasteiger partial charge in [-0.2, -0.15) is 5.26 Å². The van der Waals surface area contributed by atoms with Crippen LogP contribution in [0, 0.1) is 35.0 Å². The molecule has 0 saturated carbocycles. The Balaban J connectivity index is 4.67. The van der Waals surface area contributed by atoms with Gasteiger partial charge in [0.25, 0.3) is 0 Å². The van der Waals surface area contributed by atoms with Crippen molar-refractivity contribution in [3.8, 4) is 6.07 Å². The summed E-state index contributed by atoms with van der Waals surface area (Å²) < 4.78 is 17.9. The molecule has 0 bridgehead atoms. The maximum atomic E-state index is 12.9. The highest BCUT2D eigenvalue weighted by molar-refractivity contribution is 6.74. The lowest BCUT2D eigenvalue weighted by atomic mass is 9.94. The molecule has 9 nitrogen and oxygen atoms in total. The second kappa shape index (κ2) is 26.6. The van der Waals surface area contributed by atoms with Gasteiger partial charge >= 0.3 is 5.97 Å². The van der Waals surface area contributed by atoms with Gasteiger partial charge in [-0.3, -0.25) is 9.59 Å².